The zero-order valence-corrected chi connectivity index (χ0v) is 25.1. The Labute approximate surface area is 237 Å². The highest BCUT2D eigenvalue weighted by Crippen LogP contribution is 2.04. The summed E-state index contributed by atoms with van der Waals surface area (Å²) in [5.41, 5.74) is 0. The molecule has 0 fully saturated rings. The zero-order chi connectivity index (χ0) is 29.2. The average molecular weight is 556 g/mol. The molecule has 3 rings (SSSR count). The molecule has 218 valence electrons. The van der Waals surface area contributed by atoms with Gasteiger partial charge in [-0.25, -0.2) is 27.4 Å². The molecule has 40 heavy (non-hydrogen) atoms. The van der Waals surface area contributed by atoms with Gasteiger partial charge in [0.05, 0.1) is 21.1 Å². The number of nitrogens with one attached hydrogen (secondary N) is 1. The number of amides is 1. The Hall–Kier alpha value is -3.60. The zero-order valence-electron chi connectivity index (χ0n) is 25.1. The second kappa shape index (κ2) is 14.7. The summed E-state index contributed by atoms with van der Waals surface area (Å²) in [6.45, 7) is 9.70. The van der Waals surface area contributed by atoms with Gasteiger partial charge in [-0.3, -0.25) is 14.4 Å². The second-order valence-electron chi connectivity index (χ2n) is 10.7. The van der Waals surface area contributed by atoms with Crippen LogP contribution in [0.15, 0.2) is 37.2 Å². The van der Waals surface area contributed by atoms with E-state index in [0.29, 0.717) is 39.0 Å². The van der Waals surface area contributed by atoms with E-state index in [1.165, 1.54) is 0 Å². The average Bonchev–Trinajstić information content (AvgIpc) is 3.52. The van der Waals surface area contributed by atoms with Gasteiger partial charge < -0.3 is 10.2 Å². The summed E-state index contributed by atoms with van der Waals surface area (Å²) in [5.74, 6) is 3.47. The number of rotatable bonds is 17. The SMILES string of the molecule is Cc1n(CC(=O)CCCN(CCCC(=O)Cn2cc[n+](C)c2C)CCNC(=O)Cn2cc[n+](C)c2C)cc[n+]1C. The molecule has 0 saturated carbocycles. The van der Waals surface area contributed by atoms with E-state index in [9.17, 15) is 14.4 Å². The number of ketones is 2. The van der Waals surface area contributed by atoms with Crippen LogP contribution in [-0.4, -0.2) is 62.3 Å². The van der Waals surface area contributed by atoms with Gasteiger partial charge in [-0.15, -0.1) is 0 Å². The first-order valence-electron chi connectivity index (χ1n) is 14.1. The van der Waals surface area contributed by atoms with Crippen molar-refractivity contribution < 1.29 is 28.1 Å². The first-order chi connectivity index (χ1) is 19.0. The lowest BCUT2D eigenvalue weighted by molar-refractivity contribution is -0.677. The van der Waals surface area contributed by atoms with Crippen LogP contribution in [0.4, 0.5) is 0 Å². The molecule has 0 spiro atoms. The Morgan fingerprint density at radius 1 is 0.675 bits per heavy atom. The molecule has 0 aromatic carbocycles. The standard InChI is InChI=1S/C29H46N8O3/c1-24-31(4)15-18-35(24)21-27(38)9-7-12-34(13-8-10-28(39)22-36-19-16-32(5)25(36)2)14-11-30-29(40)23-37-20-17-33(6)26(37)3/h15-20H,7-14,21-23H2,1-6H3/q+2/p+1. The maximum Gasteiger partial charge on any atom is 0.262 e. The van der Waals surface area contributed by atoms with Crippen LogP contribution >= 0.6 is 0 Å². The van der Waals surface area contributed by atoms with E-state index < -0.39 is 0 Å². The van der Waals surface area contributed by atoms with Gasteiger partial charge in [-0.1, -0.05) is 0 Å². The number of nitrogens with zero attached hydrogens (tertiary/aromatic N) is 7. The van der Waals surface area contributed by atoms with Crippen molar-refractivity contribution in [3.05, 3.63) is 54.7 Å². The fraction of sp³-hybridized carbons (Fsp3) is 0.586. The van der Waals surface area contributed by atoms with E-state index in [2.05, 4.69) is 10.2 Å². The summed E-state index contributed by atoms with van der Waals surface area (Å²) in [7, 11) is 5.89. The largest absolute Gasteiger partial charge is 0.351 e. The first kappa shape index (κ1) is 30.9. The third-order valence-electron chi connectivity index (χ3n) is 7.81. The third kappa shape index (κ3) is 8.97. The smallest absolute Gasteiger partial charge is 0.262 e. The molecule has 3 aromatic heterocycles. The van der Waals surface area contributed by atoms with Crippen LogP contribution in [0.1, 0.15) is 43.2 Å². The second-order valence-corrected chi connectivity index (χ2v) is 10.7. The fourth-order valence-electron chi connectivity index (χ4n) is 4.74. The molecular formula is C29H47N8O3+3. The fourth-order valence-corrected chi connectivity index (χ4v) is 4.74. The molecule has 3 aromatic rings. The van der Waals surface area contributed by atoms with Gasteiger partial charge >= 0.3 is 0 Å². The van der Waals surface area contributed by atoms with Gasteiger partial charge in [0.1, 0.15) is 50.3 Å². The Kier molecular flexibility index (Phi) is 11.4. The number of carbonyl (C=O) groups excluding carboxylic acids is 3. The van der Waals surface area contributed by atoms with Crippen LogP contribution in [0.3, 0.4) is 0 Å². The van der Waals surface area contributed by atoms with Crippen molar-refractivity contribution in [1.82, 2.24) is 23.9 Å². The van der Waals surface area contributed by atoms with Crippen molar-refractivity contribution in [1.29, 1.82) is 0 Å². The topological polar surface area (TPSA) is 92.9 Å². The van der Waals surface area contributed by atoms with E-state index in [1.807, 2.05) is 106 Å². The minimum atomic E-state index is -0.0323. The number of aryl methyl sites for hydroxylation is 3. The molecule has 11 heteroatoms. The molecule has 0 saturated heterocycles. The van der Waals surface area contributed by atoms with E-state index in [-0.39, 0.29) is 24.0 Å². The van der Waals surface area contributed by atoms with Crippen molar-refractivity contribution in [2.45, 2.75) is 66.1 Å². The highest BCUT2D eigenvalue weighted by atomic mass is 16.2. The number of hydrogen-bond donors (Lipinski definition) is 1. The first-order valence-corrected chi connectivity index (χ1v) is 14.1. The van der Waals surface area contributed by atoms with Crippen molar-refractivity contribution in [3.63, 3.8) is 0 Å². The van der Waals surface area contributed by atoms with Crippen LogP contribution in [0, 0.1) is 20.8 Å². The summed E-state index contributed by atoms with van der Waals surface area (Å²) in [6.07, 6.45) is 14.1. The van der Waals surface area contributed by atoms with Gasteiger partial charge in [0, 0.05) is 46.7 Å². The predicted molar refractivity (Wildman–Crippen MR) is 149 cm³/mol. The third-order valence-corrected chi connectivity index (χ3v) is 7.81. The van der Waals surface area contributed by atoms with E-state index in [1.54, 1.807) is 0 Å². The number of Topliss-reactive ketones (excluding diaryl/α,β-unsaturated/α-hetero) is 2. The molecule has 0 atom stereocenters. The molecule has 0 aliphatic rings. The normalized spacial score (nSPS) is 11.4. The molecule has 0 bridgehead atoms. The lowest BCUT2D eigenvalue weighted by Gasteiger charge is -2.22. The molecule has 1 amide bonds. The van der Waals surface area contributed by atoms with Gasteiger partial charge in [-0.05, 0) is 25.9 Å². The Morgan fingerprint density at radius 2 is 1.07 bits per heavy atom. The van der Waals surface area contributed by atoms with E-state index in [0.717, 1.165) is 43.4 Å². The Morgan fingerprint density at radius 3 is 1.45 bits per heavy atom. The highest BCUT2D eigenvalue weighted by Gasteiger charge is 2.17. The van der Waals surface area contributed by atoms with Crippen molar-refractivity contribution in [2.24, 2.45) is 21.1 Å². The highest BCUT2D eigenvalue weighted by molar-refractivity contribution is 5.78. The van der Waals surface area contributed by atoms with Gasteiger partial charge in [0.15, 0.2) is 18.1 Å². The minimum absolute atomic E-state index is 0.0323. The lowest BCUT2D eigenvalue weighted by atomic mass is 10.1. The summed E-state index contributed by atoms with van der Waals surface area (Å²) >= 11 is 0. The van der Waals surface area contributed by atoms with Crippen LogP contribution in [-0.2, 0) is 55.2 Å². The van der Waals surface area contributed by atoms with Gasteiger partial charge in [-0.2, -0.15) is 0 Å². The summed E-state index contributed by atoms with van der Waals surface area (Å²) in [6, 6.07) is 0. The summed E-state index contributed by atoms with van der Waals surface area (Å²) in [5, 5.41) is 3.02. The molecule has 1 N–H and O–H groups in total. The van der Waals surface area contributed by atoms with E-state index >= 15 is 0 Å². The maximum atomic E-state index is 12.6. The van der Waals surface area contributed by atoms with Crippen molar-refractivity contribution in [2.75, 3.05) is 26.2 Å². The Bertz CT molecular complexity index is 1150. The molecule has 0 aliphatic carbocycles. The van der Waals surface area contributed by atoms with Crippen molar-refractivity contribution >= 4 is 17.5 Å². The Balaban J connectivity index is 1.46. The maximum absolute atomic E-state index is 12.6. The molecule has 11 nitrogen and oxygen atoms in total. The molecule has 0 aliphatic heterocycles. The number of hydrogen-bond acceptors (Lipinski definition) is 4. The monoisotopic (exact) mass is 555 g/mol. The van der Waals surface area contributed by atoms with Gasteiger partial charge in [0.25, 0.3) is 23.4 Å². The minimum Gasteiger partial charge on any atom is -0.351 e. The molecule has 0 unspecified atom stereocenters. The molecule has 3 heterocycles. The quantitative estimate of drug-likeness (QED) is 0.238. The van der Waals surface area contributed by atoms with Crippen LogP contribution < -0.4 is 19.0 Å². The molecule has 0 radical (unpaired) electrons. The number of carbonyl (C=O) groups is 3. The van der Waals surface area contributed by atoms with Crippen LogP contribution in [0.25, 0.3) is 0 Å². The van der Waals surface area contributed by atoms with Crippen LogP contribution in [0.5, 0.6) is 0 Å². The van der Waals surface area contributed by atoms with Crippen LogP contribution in [0.2, 0.25) is 0 Å². The van der Waals surface area contributed by atoms with Crippen molar-refractivity contribution in [3.8, 4) is 0 Å². The van der Waals surface area contributed by atoms with Gasteiger partial charge in [0.2, 0.25) is 0 Å². The summed E-state index contributed by atoms with van der Waals surface area (Å²) in [4.78, 5) is 40.0. The molecular weight excluding hydrogens is 508 g/mol. The summed E-state index contributed by atoms with van der Waals surface area (Å²) < 4.78 is 11.8. The van der Waals surface area contributed by atoms with E-state index in [4.69, 9.17) is 0 Å². The predicted octanol–water partition coefficient (Wildman–Crippen LogP) is 0.00706. The number of aromatic nitrogens is 6. The number of imidazole rings is 3. The lowest BCUT2D eigenvalue weighted by Crippen LogP contribution is -2.38.